The van der Waals surface area contributed by atoms with Crippen LogP contribution in [0.2, 0.25) is 0 Å². The van der Waals surface area contributed by atoms with Crippen LogP contribution in [0.25, 0.3) is 0 Å². The Morgan fingerprint density at radius 3 is 2.40 bits per heavy atom. The lowest BCUT2D eigenvalue weighted by molar-refractivity contribution is -0.136. The lowest BCUT2D eigenvalue weighted by Gasteiger charge is -2.35. The number of nitrogens with one attached hydrogen (secondary N) is 2. The van der Waals surface area contributed by atoms with Gasteiger partial charge in [0.1, 0.15) is 5.82 Å². The molecule has 0 aromatic heterocycles. The van der Waals surface area contributed by atoms with Crippen LogP contribution in [0.4, 0.5) is 4.39 Å². The maximum Gasteiger partial charge on any atom is 0.225 e. The van der Waals surface area contributed by atoms with Crippen molar-refractivity contribution >= 4 is 35.8 Å². The molecule has 0 atom stereocenters. The molecule has 0 spiro atoms. The maximum absolute atomic E-state index is 14.2. The summed E-state index contributed by atoms with van der Waals surface area (Å²) in [5, 5.41) is 6.90. The van der Waals surface area contributed by atoms with E-state index in [1.54, 1.807) is 19.2 Å². The molecule has 1 aliphatic heterocycles. The minimum absolute atomic E-state index is 0. The highest BCUT2D eigenvalue weighted by Crippen LogP contribution is 2.48. The van der Waals surface area contributed by atoms with E-state index in [1.807, 2.05) is 17.0 Å². The van der Waals surface area contributed by atoms with Crippen LogP contribution in [0.3, 0.4) is 0 Å². The summed E-state index contributed by atoms with van der Waals surface area (Å²) in [5.74, 6) is 1.10. The van der Waals surface area contributed by atoms with Gasteiger partial charge < -0.3 is 15.5 Å². The zero-order valence-corrected chi connectivity index (χ0v) is 20.7. The van der Waals surface area contributed by atoms with Crippen molar-refractivity contribution in [1.29, 1.82) is 0 Å². The molecular weight excluding hydrogens is 494 g/mol. The molecule has 1 aromatic carbocycles. The number of hydrogen-bond acceptors (Lipinski definition) is 2. The normalized spacial score (nSPS) is 18.7. The summed E-state index contributed by atoms with van der Waals surface area (Å²) < 4.78 is 14.2. The lowest BCUT2D eigenvalue weighted by atomic mass is 9.95. The predicted molar refractivity (Wildman–Crippen MR) is 131 cm³/mol. The van der Waals surface area contributed by atoms with Gasteiger partial charge in [-0.15, -0.1) is 24.0 Å². The topological polar surface area (TPSA) is 56.7 Å². The Labute approximate surface area is 197 Å². The van der Waals surface area contributed by atoms with E-state index < -0.39 is 0 Å². The molecule has 0 unspecified atom stereocenters. The molecule has 2 N–H and O–H groups in total. The van der Waals surface area contributed by atoms with Crippen molar-refractivity contribution in [3.8, 4) is 0 Å². The Balaban J connectivity index is 0.00000320. The Kier molecular flexibility index (Phi) is 9.37. The summed E-state index contributed by atoms with van der Waals surface area (Å²) in [7, 11) is 1.77. The van der Waals surface area contributed by atoms with E-state index in [9.17, 15) is 9.18 Å². The molecule has 5 nitrogen and oxygen atoms in total. The first-order valence-corrected chi connectivity index (χ1v) is 11.0. The average Bonchev–Trinajstić information content (AvgIpc) is 3.53. The Morgan fingerprint density at radius 1 is 1.23 bits per heavy atom. The highest BCUT2D eigenvalue weighted by molar-refractivity contribution is 14.0. The number of halogens is 2. The van der Waals surface area contributed by atoms with Crippen LogP contribution in [0, 0.1) is 11.7 Å². The van der Waals surface area contributed by atoms with Gasteiger partial charge in [0.25, 0.3) is 0 Å². The third-order valence-electron chi connectivity index (χ3n) is 6.60. The molecule has 1 saturated carbocycles. The molecule has 0 bridgehead atoms. The Bertz CT molecular complexity index is 726. The molecule has 1 amide bonds. The van der Waals surface area contributed by atoms with Crippen LogP contribution in [0.1, 0.15) is 57.9 Å². The highest BCUT2D eigenvalue weighted by atomic mass is 127. The molecule has 1 heterocycles. The fourth-order valence-electron chi connectivity index (χ4n) is 4.36. The van der Waals surface area contributed by atoms with E-state index in [4.69, 9.17) is 0 Å². The minimum Gasteiger partial charge on any atom is -0.356 e. The first-order chi connectivity index (χ1) is 14.0. The van der Waals surface area contributed by atoms with E-state index in [1.165, 1.54) is 0 Å². The van der Waals surface area contributed by atoms with Gasteiger partial charge in [-0.05, 0) is 50.2 Å². The second kappa shape index (κ2) is 11.3. The molecule has 7 heteroatoms. The van der Waals surface area contributed by atoms with E-state index in [0.29, 0.717) is 18.5 Å². The third-order valence-corrected chi connectivity index (χ3v) is 6.60. The maximum atomic E-state index is 14.2. The van der Waals surface area contributed by atoms with E-state index >= 15 is 0 Å². The summed E-state index contributed by atoms with van der Waals surface area (Å²) in [6.07, 6.45) is 5.65. The fraction of sp³-hybridized carbons (Fsp3) is 0.652. The third kappa shape index (κ3) is 5.86. The number of carbonyl (C=O) groups is 1. The van der Waals surface area contributed by atoms with Gasteiger partial charge in [0.2, 0.25) is 5.91 Å². The van der Waals surface area contributed by atoms with Crippen molar-refractivity contribution in [3.63, 3.8) is 0 Å². The average molecular weight is 530 g/mol. The Morgan fingerprint density at radius 2 is 1.87 bits per heavy atom. The summed E-state index contributed by atoms with van der Waals surface area (Å²) in [5.41, 5.74) is 0.685. The highest BCUT2D eigenvalue weighted by Gasteiger charge is 2.45. The zero-order valence-electron chi connectivity index (χ0n) is 18.4. The smallest absolute Gasteiger partial charge is 0.225 e. The number of piperidine rings is 1. The molecule has 2 fully saturated rings. The minimum atomic E-state index is -0.121. The van der Waals surface area contributed by atoms with Gasteiger partial charge in [-0.1, -0.05) is 32.0 Å². The van der Waals surface area contributed by atoms with Crippen molar-refractivity contribution in [2.75, 3.05) is 26.7 Å². The molecule has 1 saturated heterocycles. The van der Waals surface area contributed by atoms with Crippen LogP contribution in [-0.4, -0.2) is 49.5 Å². The quantitative estimate of drug-likeness (QED) is 0.318. The molecule has 168 valence electrons. The van der Waals surface area contributed by atoms with Crippen molar-refractivity contribution in [3.05, 3.63) is 35.6 Å². The lowest BCUT2D eigenvalue weighted by Crippen LogP contribution is -2.51. The van der Waals surface area contributed by atoms with Gasteiger partial charge in [-0.3, -0.25) is 9.79 Å². The van der Waals surface area contributed by atoms with Crippen LogP contribution >= 0.6 is 24.0 Å². The number of guanidine groups is 1. The number of benzene rings is 1. The number of carbonyl (C=O) groups excluding carboxylic acids is 1. The summed E-state index contributed by atoms with van der Waals surface area (Å²) in [6, 6.07) is 7.38. The van der Waals surface area contributed by atoms with E-state index in [2.05, 4.69) is 29.5 Å². The molecule has 3 rings (SSSR count). The van der Waals surface area contributed by atoms with Crippen LogP contribution in [0.15, 0.2) is 29.3 Å². The summed E-state index contributed by atoms with van der Waals surface area (Å²) in [6.45, 7) is 6.44. The van der Waals surface area contributed by atoms with Crippen molar-refractivity contribution in [2.45, 2.75) is 63.8 Å². The van der Waals surface area contributed by atoms with Gasteiger partial charge in [0, 0.05) is 44.1 Å². The zero-order chi connectivity index (χ0) is 20.9. The van der Waals surface area contributed by atoms with E-state index in [0.717, 1.165) is 63.1 Å². The number of aliphatic imine (C=N–C) groups is 1. The SMILES string of the molecule is CCC(CC)C(=O)N1CCC(NC(=NC)NCC2(c3ccccc3F)CC2)CC1.I. The molecule has 1 aromatic rings. The number of amides is 1. The van der Waals surface area contributed by atoms with Crippen molar-refractivity contribution in [2.24, 2.45) is 10.9 Å². The Hall–Kier alpha value is -1.38. The molecule has 1 aliphatic carbocycles. The van der Waals surface area contributed by atoms with Crippen molar-refractivity contribution < 1.29 is 9.18 Å². The van der Waals surface area contributed by atoms with Gasteiger partial charge in [-0.2, -0.15) is 0 Å². The molecule has 30 heavy (non-hydrogen) atoms. The second-order valence-corrected chi connectivity index (χ2v) is 8.44. The largest absolute Gasteiger partial charge is 0.356 e. The van der Waals surface area contributed by atoms with Crippen molar-refractivity contribution in [1.82, 2.24) is 15.5 Å². The number of hydrogen-bond donors (Lipinski definition) is 2. The van der Waals surface area contributed by atoms with Crippen LogP contribution in [-0.2, 0) is 10.2 Å². The standard InChI is InChI=1S/C23H35FN4O.HI/c1-4-17(5-2)21(29)28-14-10-18(11-15-28)27-22(25-3)26-16-23(12-13-23)19-8-6-7-9-20(19)24;/h6-9,17-18H,4-5,10-16H2,1-3H3,(H2,25,26,27);1H. The summed E-state index contributed by atoms with van der Waals surface area (Å²) in [4.78, 5) is 18.9. The van der Waals surface area contributed by atoms with Gasteiger partial charge in [-0.25, -0.2) is 4.39 Å². The number of nitrogens with zero attached hydrogens (tertiary/aromatic N) is 2. The van der Waals surface area contributed by atoms with Gasteiger partial charge in [0.05, 0.1) is 0 Å². The van der Waals surface area contributed by atoms with Gasteiger partial charge >= 0.3 is 0 Å². The molecule has 2 aliphatic rings. The second-order valence-electron chi connectivity index (χ2n) is 8.44. The fourth-order valence-corrected chi connectivity index (χ4v) is 4.36. The van der Waals surface area contributed by atoms with E-state index in [-0.39, 0.29) is 41.1 Å². The first kappa shape index (κ1) is 24.9. The first-order valence-electron chi connectivity index (χ1n) is 11.0. The molecular formula is C23H36FIN4O. The number of rotatable bonds is 7. The molecule has 0 radical (unpaired) electrons. The summed E-state index contributed by atoms with van der Waals surface area (Å²) >= 11 is 0. The van der Waals surface area contributed by atoms with Crippen LogP contribution in [0.5, 0.6) is 0 Å². The monoisotopic (exact) mass is 530 g/mol. The number of likely N-dealkylation sites (tertiary alicyclic amines) is 1. The van der Waals surface area contributed by atoms with Crippen LogP contribution < -0.4 is 10.6 Å². The predicted octanol–water partition coefficient (Wildman–Crippen LogP) is 4.07. The van der Waals surface area contributed by atoms with Gasteiger partial charge in [0.15, 0.2) is 5.96 Å².